The van der Waals surface area contributed by atoms with Crippen LogP contribution in [0.25, 0.3) is 10.1 Å². The van der Waals surface area contributed by atoms with Gasteiger partial charge in [-0.15, -0.1) is 11.3 Å². The first-order valence-corrected chi connectivity index (χ1v) is 8.54. The van der Waals surface area contributed by atoms with E-state index in [0.717, 1.165) is 10.3 Å². The number of rotatable bonds is 4. The first kappa shape index (κ1) is 17.4. The third-order valence-corrected chi connectivity index (χ3v) is 5.06. The Morgan fingerprint density at radius 3 is 2.84 bits per heavy atom. The molecule has 0 radical (unpaired) electrons. The van der Waals surface area contributed by atoms with Crippen molar-refractivity contribution in [3.63, 3.8) is 0 Å². The molecule has 0 saturated heterocycles. The molecule has 0 aliphatic heterocycles. The van der Waals surface area contributed by atoms with Gasteiger partial charge in [-0.1, -0.05) is 17.7 Å². The molecule has 0 unspecified atom stereocenters. The van der Waals surface area contributed by atoms with Gasteiger partial charge < -0.3 is 10.1 Å². The van der Waals surface area contributed by atoms with Crippen LogP contribution in [0.5, 0.6) is 0 Å². The Bertz CT molecular complexity index is 970. The maximum Gasteiger partial charge on any atom is 0.348 e. The zero-order valence-electron chi connectivity index (χ0n) is 13.1. The van der Waals surface area contributed by atoms with Crippen molar-refractivity contribution in [3.8, 4) is 0 Å². The SMILES string of the molecule is Cc1c(Cl)cccc1NC(=O)COC(=O)c1cc2cc(F)ccc2s1. The summed E-state index contributed by atoms with van der Waals surface area (Å²) >= 11 is 7.18. The lowest BCUT2D eigenvalue weighted by Crippen LogP contribution is -2.21. The molecular weight excluding hydrogens is 365 g/mol. The summed E-state index contributed by atoms with van der Waals surface area (Å²) in [5, 5.41) is 3.80. The van der Waals surface area contributed by atoms with Gasteiger partial charge >= 0.3 is 5.97 Å². The third kappa shape index (κ3) is 3.97. The Labute approximate surface area is 152 Å². The van der Waals surface area contributed by atoms with Crippen molar-refractivity contribution in [2.24, 2.45) is 0 Å². The van der Waals surface area contributed by atoms with Crippen molar-refractivity contribution < 1.29 is 18.7 Å². The molecule has 0 atom stereocenters. The van der Waals surface area contributed by atoms with Gasteiger partial charge in [0.05, 0.1) is 0 Å². The van der Waals surface area contributed by atoms with Gasteiger partial charge in [-0.25, -0.2) is 9.18 Å². The predicted octanol–water partition coefficient (Wildman–Crippen LogP) is 4.80. The van der Waals surface area contributed by atoms with Gasteiger partial charge in [-0.3, -0.25) is 4.79 Å². The van der Waals surface area contributed by atoms with Crippen LogP contribution in [0.2, 0.25) is 5.02 Å². The molecule has 25 heavy (non-hydrogen) atoms. The van der Waals surface area contributed by atoms with Crippen LogP contribution in [-0.4, -0.2) is 18.5 Å². The fraction of sp³-hybridized carbons (Fsp3) is 0.111. The number of amides is 1. The molecule has 2 aromatic carbocycles. The number of benzene rings is 2. The maximum atomic E-state index is 13.2. The lowest BCUT2D eigenvalue weighted by molar-refractivity contribution is -0.119. The number of halogens is 2. The second-order valence-electron chi connectivity index (χ2n) is 5.33. The predicted molar refractivity (Wildman–Crippen MR) is 96.9 cm³/mol. The van der Waals surface area contributed by atoms with Gasteiger partial charge in [0, 0.05) is 15.4 Å². The number of fused-ring (bicyclic) bond motifs is 1. The normalized spacial score (nSPS) is 10.7. The summed E-state index contributed by atoms with van der Waals surface area (Å²) in [4.78, 5) is 24.3. The number of hydrogen-bond acceptors (Lipinski definition) is 4. The van der Waals surface area contributed by atoms with Gasteiger partial charge in [0.25, 0.3) is 5.91 Å². The summed E-state index contributed by atoms with van der Waals surface area (Å²) in [6.07, 6.45) is 0. The fourth-order valence-electron chi connectivity index (χ4n) is 2.25. The van der Waals surface area contributed by atoms with Crippen molar-refractivity contribution in [1.29, 1.82) is 0 Å². The van der Waals surface area contributed by atoms with Crippen molar-refractivity contribution in [2.45, 2.75) is 6.92 Å². The smallest absolute Gasteiger partial charge is 0.348 e. The summed E-state index contributed by atoms with van der Waals surface area (Å²) in [6.45, 7) is 1.35. The number of thiophene rings is 1. The van der Waals surface area contributed by atoms with Crippen molar-refractivity contribution in [1.82, 2.24) is 0 Å². The molecule has 4 nitrogen and oxygen atoms in total. The van der Waals surface area contributed by atoms with Crippen LogP contribution in [-0.2, 0) is 9.53 Å². The summed E-state index contributed by atoms with van der Waals surface area (Å²) < 4.78 is 19.0. The van der Waals surface area contributed by atoms with E-state index in [1.54, 1.807) is 37.3 Å². The second-order valence-corrected chi connectivity index (χ2v) is 6.82. The van der Waals surface area contributed by atoms with Gasteiger partial charge in [0.2, 0.25) is 0 Å². The molecule has 1 amide bonds. The number of hydrogen-bond donors (Lipinski definition) is 1. The molecule has 0 aliphatic carbocycles. The molecule has 0 bridgehead atoms. The number of carbonyl (C=O) groups excluding carboxylic acids is 2. The Morgan fingerprint density at radius 1 is 1.24 bits per heavy atom. The van der Waals surface area contributed by atoms with Crippen LogP contribution < -0.4 is 5.32 Å². The minimum absolute atomic E-state index is 0.312. The first-order valence-electron chi connectivity index (χ1n) is 7.35. The molecule has 0 fully saturated rings. The molecule has 7 heteroatoms. The highest BCUT2D eigenvalue weighted by molar-refractivity contribution is 7.20. The Kier molecular flexibility index (Phi) is 5.01. The molecular formula is C18H13ClFNO3S. The maximum absolute atomic E-state index is 13.2. The molecule has 0 saturated carbocycles. The molecule has 3 rings (SSSR count). The van der Waals surface area contributed by atoms with Gasteiger partial charge in [-0.2, -0.15) is 0 Å². The zero-order chi connectivity index (χ0) is 18.0. The summed E-state index contributed by atoms with van der Waals surface area (Å²) in [7, 11) is 0. The Morgan fingerprint density at radius 2 is 2.04 bits per heavy atom. The molecule has 128 valence electrons. The highest BCUT2D eigenvalue weighted by Crippen LogP contribution is 2.27. The molecule has 1 aromatic heterocycles. The molecule has 1 N–H and O–H groups in total. The van der Waals surface area contributed by atoms with Gasteiger partial charge in [-0.05, 0) is 54.3 Å². The molecule has 3 aromatic rings. The molecule has 0 aliphatic rings. The fourth-order valence-corrected chi connectivity index (χ4v) is 3.36. The van der Waals surface area contributed by atoms with E-state index in [9.17, 15) is 14.0 Å². The number of esters is 1. The van der Waals surface area contributed by atoms with E-state index >= 15 is 0 Å². The van der Waals surface area contributed by atoms with Crippen molar-refractivity contribution in [2.75, 3.05) is 11.9 Å². The summed E-state index contributed by atoms with van der Waals surface area (Å²) in [5.74, 6) is -1.47. The standard InChI is InChI=1S/C18H13ClFNO3S/c1-10-13(19)3-2-4-14(10)21-17(22)9-24-18(23)16-8-11-7-12(20)5-6-15(11)25-16/h2-8H,9H2,1H3,(H,21,22). The van der Waals surface area contributed by atoms with Crippen LogP contribution in [0.3, 0.4) is 0 Å². The Balaban J connectivity index is 1.63. The minimum atomic E-state index is -0.625. The highest BCUT2D eigenvalue weighted by atomic mass is 35.5. The van der Waals surface area contributed by atoms with E-state index in [-0.39, 0.29) is 5.82 Å². The van der Waals surface area contributed by atoms with Crippen LogP contribution in [0.4, 0.5) is 10.1 Å². The largest absolute Gasteiger partial charge is 0.451 e. The third-order valence-electron chi connectivity index (χ3n) is 3.56. The van der Waals surface area contributed by atoms with Gasteiger partial charge in [0.1, 0.15) is 10.7 Å². The van der Waals surface area contributed by atoms with E-state index in [1.165, 1.54) is 23.5 Å². The number of ether oxygens (including phenoxy) is 1. The summed E-state index contributed by atoms with van der Waals surface area (Å²) in [6, 6.07) is 11.0. The quantitative estimate of drug-likeness (QED) is 0.664. The minimum Gasteiger partial charge on any atom is -0.451 e. The molecule has 0 spiro atoms. The summed E-state index contributed by atoms with van der Waals surface area (Å²) in [5.41, 5.74) is 1.29. The topological polar surface area (TPSA) is 55.4 Å². The lowest BCUT2D eigenvalue weighted by Gasteiger charge is -2.09. The zero-order valence-corrected chi connectivity index (χ0v) is 14.7. The highest BCUT2D eigenvalue weighted by Gasteiger charge is 2.14. The van der Waals surface area contributed by atoms with Crippen LogP contribution in [0, 0.1) is 12.7 Å². The average molecular weight is 378 g/mol. The van der Waals surface area contributed by atoms with Crippen LogP contribution in [0.1, 0.15) is 15.2 Å². The average Bonchev–Trinajstić information content (AvgIpc) is 3.00. The van der Waals surface area contributed by atoms with E-state index in [1.807, 2.05) is 0 Å². The van der Waals surface area contributed by atoms with E-state index in [2.05, 4.69) is 5.32 Å². The van der Waals surface area contributed by atoms with E-state index in [4.69, 9.17) is 16.3 Å². The number of anilines is 1. The second kappa shape index (κ2) is 7.21. The molecule has 1 heterocycles. The number of nitrogens with one attached hydrogen (secondary N) is 1. The lowest BCUT2D eigenvalue weighted by atomic mass is 10.2. The van der Waals surface area contributed by atoms with Gasteiger partial charge in [0.15, 0.2) is 6.61 Å². The Hall–Kier alpha value is -2.44. The first-order chi connectivity index (χ1) is 11.9. The van der Waals surface area contributed by atoms with Crippen molar-refractivity contribution >= 4 is 50.6 Å². The van der Waals surface area contributed by atoms with E-state index in [0.29, 0.717) is 21.0 Å². The number of carbonyl (C=O) groups is 2. The monoisotopic (exact) mass is 377 g/mol. The van der Waals surface area contributed by atoms with Crippen LogP contribution in [0.15, 0.2) is 42.5 Å². The van der Waals surface area contributed by atoms with E-state index < -0.39 is 18.5 Å². The van der Waals surface area contributed by atoms with Crippen molar-refractivity contribution in [3.05, 3.63) is 63.7 Å². The van der Waals surface area contributed by atoms with Crippen LogP contribution >= 0.6 is 22.9 Å².